The lowest BCUT2D eigenvalue weighted by Gasteiger charge is -2.16. The van der Waals surface area contributed by atoms with Crippen molar-refractivity contribution in [3.63, 3.8) is 0 Å². The Morgan fingerprint density at radius 3 is 2.60 bits per heavy atom. The Kier molecular flexibility index (Phi) is 2.46. The number of hydrogen-bond donors (Lipinski definition) is 0. The highest BCUT2D eigenvalue weighted by Crippen LogP contribution is 2.20. The molecule has 0 aliphatic carbocycles. The maximum atomic E-state index is 11.5. The standard InChI is InChI=1S/C12H13NO2/c1-9-13(2)11(12(14)15-9)8-10-6-4-3-5-7-10/h3-7,11H,1,8H2,2H3/t11-/m1/s1. The fraction of sp³-hybridized carbons (Fsp3) is 0.250. The van der Waals surface area contributed by atoms with E-state index in [1.165, 1.54) is 0 Å². The van der Waals surface area contributed by atoms with Gasteiger partial charge in [0.15, 0.2) is 5.88 Å². The third kappa shape index (κ3) is 1.86. The Morgan fingerprint density at radius 1 is 1.40 bits per heavy atom. The fourth-order valence-electron chi connectivity index (χ4n) is 1.65. The van der Waals surface area contributed by atoms with E-state index in [2.05, 4.69) is 6.58 Å². The molecule has 78 valence electrons. The molecule has 1 fully saturated rings. The number of ether oxygens (including phenoxy) is 1. The predicted molar refractivity (Wildman–Crippen MR) is 56.9 cm³/mol. The van der Waals surface area contributed by atoms with Crippen LogP contribution >= 0.6 is 0 Å². The molecule has 2 rings (SSSR count). The Hall–Kier alpha value is -1.77. The van der Waals surface area contributed by atoms with Gasteiger partial charge in [-0.05, 0) is 12.1 Å². The molecular weight excluding hydrogens is 190 g/mol. The van der Waals surface area contributed by atoms with Crippen molar-refractivity contribution in [2.75, 3.05) is 7.05 Å². The summed E-state index contributed by atoms with van der Waals surface area (Å²) in [4.78, 5) is 13.2. The highest BCUT2D eigenvalue weighted by Gasteiger charge is 2.34. The normalized spacial score (nSPS) is 20.6. The van der Waals surface area contributed by atoms with Crippen molar-refractivity contribution in [1.29, 1.82) is 0 Å². The number of benzene rings is 1. The molecule has 1 aliphatic heterocycles. The summed E-state index contributed by atoms with van der Waals surface area (Å²) in [5, 5.41) is 0. The Morgan fingerprint density at radius 2 is 2.07 bits per heavy atom. The highest BCUT2D eigenvalue weighted by molar-refractivity contribution is 5.79. The van der Waals surface area contributed by atoms with Gasteiger partial charge in [0, 0.05) is 13.5 Å². The van der Waals surface area contributed by atoms with Gasteiger partial charge in [-0.15, -0.1) is 0 Å². The van der Waals surface area contributed by atoms with E-state index in [1.807, 2.05) is 37.4 Å². The van der Waals surface area contributed by atoms with E-state index in [1.54, 1.807) is 4.90 Å². The monoisotopic (exact) mass is 203 g/mol. The van der Waals surface area contributed by atoms with Crippen LogP contribution in [-0.2, 0) is 16.0 Å². The average Bonchev–Trinajstić information content (AvgIpc) is 2.47. The lowest BCUT2D eigenvalue weighted by Crippen LogP contribution is -2.30. The number of likely N-dealkylation sites (N-methyl/N-ethyl adjacent to an activating group) is 1. The van der Waals surface area contributed by atoms with Crippen molar-refractivity contribution in [3.8, 4) is 0 Å². The minimum absolute atomic E-state index is 0.216. The first kappa shape index (κ1) is 9.77. The van der Waals surface area contributed by atoms with E-state index in [0.717, 1.165) is 5.56 Å². The van der Waals surface area contributed by atoms with Crippen LogP contribution in [0.25, 0.3) is 0 Å². The minimum Gasteiger partial charge on any atom is -0.409 e. The predicted octanol–water partition coefficient (Wildman–Crippen LogP) is 1.56. The van der Waals surface area contributed by atoms with Gasteiger partial charge in [-0.3, -0.25) is 0 Å². The molecule has 0 saturated carbocycles. The molecule has 0 amide bonds. The van der Waals surface area contributed by atoms with E-state index in [4.69, 9.17) is 4.74 Å². The number of hydrogen-bond acceptors (Lipinski definition) is 3. The lowest BCUT2D eigenvalue weighted by molar-refractivity contribution is -0.136. The number of nitrogens with zero attached hydrogens (tertiary/aromatic N) is 1. The van der Waals surface area contributed by atoms with E-state index >= 15 is 0 Å². The smallest absolute Gasteiger partial charge is 0.335 e. The summed E-state index contributed by atoms with van der Waals surface area (Å²) in [7, 11) is 1.82. The molecule has 1 aliphatic rings. The zero-order chi connectivity index (χ0) is 10.8. The first-order valence-electron chi connectivity index (χ1n) is 4.86. The van der Waals surface area contributed by atoms with E-state index in [0.29, 0.717) is 12.3 Å². The van der Waals surface area contributed by atoms with Crippen molar-refractivity contribution < 1.29 is 9.53 Å². The van der Waals surface area contributed by atoms with Crippen molar-refractivity contribution in [3.05, 3.63) is 48.4 Å². The number of carbonyl (C=O) groups excluding carboxylic acids is 1. The van der Waals surface area contributed by atoms with Crippen LogP contribution in [0.15, 0.2) is 42.8 Å². The second kappa shape index (κ2) is 3.77. The molecule has 1 saturated heterocycles. The summed E-state index contributed by atoms with van der Waals surface area (Å²) >= 11 is 0. The molecule has 0 spiro atoms. The zero-order valence-electron chi connectivity index (χ0n) is 8.64. The molecule has 0 aromatic heterocycles. The van der Waals surface area contributed by atoms with Crippen LogP contribution in [0.4, 0.5) is 0 Å². The van der Waals surface area contributed by atoms with Gasteiger partial charge >= 0.3 is 5.97 Å². The van der Waals surface area contributed by atoms with Crippen molar-refractivity contribution >= 4 is 5.97 Å². The first-order valence-corrected chi connectivity index (χ1v) is 4.86. The van der Waals surface area contributed by atoms with Gasteiger partial charge in [0.05, 0.1) is 0 Å². The summed E-state index contributed by atoms with van der Waals surface area (Å²) in [5.74, 6) is 0.215. The topological polar surface area (TPSA) is 29.5 Å². The molecule has 3 nitrogen and oxygen atoms in total. The van der Waals surface area contributed by atoms with Crippen LogP contribution in [0.5, 0.6) is 0 Å². The van der Waals surface area contributed by atoms with E-state index < -0.39 is 0 Å². The molecule has 1 heterocycles. The second-order valence-corrected chi connectivity index (χ2v) is 3.63. The molecule has 3 heteroatoms. The molecule has 0 bridgehead atoms. The lowest BCUT2D eigenvalue weighted by atomic mass is 10.1. The van der Waals surface area contributed by atoms with Gasteiger partial charge in [0.1, 0.15) is 6.04 Å². The van der Waals surface area contributed by atoms with Crippen LogP contribution in [-0.4, -0.2) is 24.0 Å². The second-order valence-electron chi connectivity index (χ2n) is 3.63. The van der Waals surface area contributed by atoms with Gasteiger partial charge in [0.2, 0.25) is 0 Å². The van der Waals surface area contributed by atoms with Crippen molar-refractivity contribution in [2.45, 2.75) is 12.5 Å². The van der Waals surface area contributed by atoms with Crippen LogP contribution in [0.2, 0.25) is 0 Å². The zero-order valence-corrected chi connectivity index (χ0v) is 8.64. The average molecular weight is 203 g/mol. The Bertz CT molecular complexity index is 386. The fourth-order valence-corrected chi connectivity index (χ4v) is 1.65. The molecule has 1 atom stereocenters. The first-order chi connectivity index (χ1) is 7.18. The Balaban J connectivity index is 2.13. The molecule has 0 radical (unpaired) electrons. The van der Waals surface area contributed by atoms with Gasteiger partial charge in [-0.25, -0.2) is 4.79 Å². The third-order valence-corrected chi connectivity index (χ3v) is 2.62. The maximum Gasteiger partial charge on any atom is 0.335 e. The summed E-state index contributed by atoms with van der Waals surface area (Å²) in [5.41, 5.74) is 1.13. The SMILES string of the molecule is C=C1OC(=O)[C@@H](Cc2ccccc2)N1C. The van der Waals surface area contributed by atoms with Crippen LogP contribution in [0, 0.1) is 0 Å². The van der Waals surface area contributed by atoms with Gasteiger partial charge in [-0.1, -0.05) is 30.3 Å². The number of carbonyl (C=O) groups is 1. The number of cyclic esters (lactones) is 1. The molecule has 0 N–H and O–H groups in total. The van der Waals surface area contributed by atoms with Crippen LogP contribution in [0.3, 0.4) is 0 Å². The number of esters is 1. The minimum atomic E-state index is -0.236. The summed E-state index contributed by atoms with van der Waals surface area (Å²) < 4.78 is 4.95. The van der Waals surface area contributed by atoms with Gasteiger partial charge in [0.25, 0.3) is 0 Å². The van der Waals surface area contributed by atoms with Crippen molar-refractivity contribution in [2.24, 2.45) is 0 Å². The number of rotatable bonds is 2. The van der Waals surface area contributed by atoms with Gasteiger partial charge < -0.3 is 9.64 Å². The summed E-state index contributed by atoms with van der Waals surface area (Å²) in [6.07, 6.45) is 0.662. The molecular formula is C12H13NO2. The molecule has 0 unspecified atom stereocenters. The van der Waals surface area contributed by atoms with Gasteiger partial charge in [-0.2, -0.15) is 0 Å². The van der Waals surface area contributed by atoms with E-state index in [9.17, 15) is 4.79 Å². The van der Waals surface area contributed by atoms with Crippen LogP contribution < -0.4 is 0 Å². The molecule has 15 heavy (non-hydrogen) atoms. The molecule has 1 aromatic rings. The largest absolute Gasteiger partial charge is 0.409 e. The van der Waals surface area contributed by atoms with Crippen molar-refractivity contribution in [1.82, 2.24) is 4.90 Å². The quantitative estimate of drug-likeness (QED) is 0.683. The van der Waals surface area contributed by atoms with Crippen LogP contribution in [0.1, 0.15) is 5.56 Å². The summed E-state index contributed by atoms with van der Waals surface area (Å²) in [6, 6.07) is 9.65. The third-order valence-electron chi connectivity index (χ3n) is 2.62. The summed E-state index contributed by atoms with van der Waals surface area (Å²) in [6.45, 7) is 3.66. The van der Waals surface area contributed by atoms with E-state index in [-0.39, 0.29) is 12.0 Å². The molecule has 1 aromatic carbocycles. The highest BCUT2D eigenvalue weighted by atomic mass is 16.6. The Labute approximate surface area is 89.0 Å². The maximum absolute atomic E-state index is 11.5.